The van der Waals surface area contributed by atoms with E-state index in [4.69, 9.17) is 10.7 Å². The second-order valence-corrected chi connectivity index (χ2v) is 8.65. The quantitative estimate of drug-likeness (QED) is 0.519. The van der Waals surface area contributed by atoms with E-state index < -0.39 is 0 Å². The maximum absolute atomic E-state index is 9.80. The Morgan fingerprint density at radius 2 is 1.91 bits per heavy atom. The predicted octanol–water partition coefficient (Wildman–Crippen LogP) is 3.82. The van der Waals surface area contributed by atoms with Crippen molar-refractivity contribution in [2.24, 2.45) is 0 Å². The molecule has 3 heterocycles. The van der Waals surface area contributed by atoms with Crippen LogP contribution in [0.25, 0.3) is 22.9 Å². The Balaban J connectivity index is 1.46. The smallest absolute Gasteiger partial charge is 0.153 e. The molecular formula is C25H24N6O. The van der Waals surface area contributed by atoms with Crippen LogP contribution in [-0.4, -0.2) is 37.8 Å². The SMILES string of the molecule is CN1c2cc(-c3nc([C@H]4C[C@@H](O)C4)n4ncnc(N)c34)ccc2C=CC1c1ccccc1. The van der Waals surface area contributed by atoms with E-state index in [9.17, 15) is 5.11 Å². The number of nitrogens with two attached hydrogens (primary N) is 1. The minimum absolute atomic E-state index is 0.165. The van der Waals surface area contributed by atoms with Gasteiger partial charge >= 0.3 is 0 Å². The number of fused-ring (bicyclic) bond motifs is 2. The molecule has 1 aliphatic heterocycles. The van der Waals surface area contributed by atoms with E-state index in [1.807, 2.05) is 6.07 Å². The summed E-state index contributed by atoms with van der Waals surface area (Å²) in [5.41, 5.74) is 12.3. The van der Waals surface area contributed by atoms with Gasteiger partial charge in [0.05, 0.1) is 12.1 Å². The van der Waals surface area contributed by atoms with Crippen molar-refractivity contribution in [3.8, 4) is 11.3 Å². The van der Waals surface area contributed by atoms with E-state index >= 15 is 0 Å². The normalized spacial score (nSPS) is 22.1. The number of likely N-dealkylation sites (N-methyl/N-ethyl adjacent to an activating group) is 1. The first-order valence-electron chi connectivity index (χ1n) is 10.9. The summed E-state index contributed by atoms with van der Waals surface area (Å²) >= 11 is 0. The molecule has 0 amide bonds. The van der Waals surface area contributed by atoms with E-state index in [2.05, 4.69) is 76.6 Å². The summed E-state index contributed by atoms with van der Waals surface area (Å²) in [5.74, 6) is 1.41. The average molecular weight is 425 g/mol. The van der Waals surface area contributed by atoms with E-state index in [0.29, 0.717) is 18.7 Å². The van der Waals surface area contributed by atoms with Gasteiger partial charge in [-0.15, -0.1) is 0 Å². The van der Waals surface area contributed by atoms with Crippen LogP contribution in [0.1, 0.15) is 41.8 Å². The molecule has 4 aromatic rings. The highest BCUT2D eigenvalue weighted by Gasteiger charge is 2.34. The fraction of sp³-hybridized carbons (Fsp3) is 0.240. The zero-order chi connectivity index (χ0) is 21.8. The highest BCUT2D eigenvalue weighted by molar-refractivity contribution is 5.88. The van der Waals surface area contributed by atoms with Crippen molar-refractivity contribution < 1.29 is 5.11 Å². The van der Waals surface area contributed by atoms with Crippen LogP contribution in [-0.2, 0) is 0 Å². The molecule has 6 rings (SSSR count). The number of benzene rings is 2. The molecule has 1 unspecified atom stereocenters. The van der Waals surface area contributed by atoms with Gasteiger partial charge in [0.1, 0.15) is 23.4 Å². The van der Waals surface area contributed by atoms with Gasteiger partial charge in [0.25, 0.3) is 0 Å². The Morgan fingerprint density at radius 3 is 2.69 bits per heavy atom. The van der Waals surface area contributed by atoms with Gasteiger partial charge in [-0.05, 0) is 30.0 Å². The third-order valence-corrected chi connectivity index (χ3v) is 6.66. The summed E-state index contributed by atoms with van der Waals surface area (Å²) in [5, 5.41) is 14.2. The molecule has 2 aliphatic rings. The minimum atomic E-state index is -0.269. The van der Waals surface area contributed by atoms with Crippen molar-refractivity contribution in [1.82, 2.24) is 19.6 Å². The molecule has 3 N–H and O–H groups in total. The van der Waals surface area contributed by atoms with Gasteiger partial charge in [-0.3, -0.25) is 0 Å². The van der Waals surface area contributed by atoms with Crippen molar-refractivity contribution in [3.05, 3.63) is 77.9 Å². The van der Waals surface area contributed by atoms with E-state index in [-0.39, 0.29) is 18.1 Å². The largest absolute Gasteiger partial charge is 0.393 e. The maximum Gasteiger partial charge on any atom is 0.153 e. The first-order valence-corrected chi connectivity index (χ1v) is 10.9. The summed E-state index contributed by atoms with van der Waals surface area (Å²) in [6.45, 7) is 0. The number of hydrogen-bond acceptors (Lipinski definition) is 6. The highest BCUT2D eigenvalue weighted by Crippen LogP contribution is 2.41. The Hall–Kier alpha value is -3.71. The molecule has 0 spiro atoms. The van der Waals surface area contributed by atoms with Gasteiger partial charge in [0.15, 0.2) is 5.82 Å². The van der Waals surface area contributed by atoms with Crippen LogP contribution in [0.3, 0.4) is 0 Å². The lowest BCUT2D eigenvalue weighted by Gasteiger charge is -2.33. The number of imidazole rings is 1. The lowest BCUT2D eigenvalue weighted by Crippen LogP contribution is -2.28. The molecule has 1 saturated carbocycles. The van der Waals surface area contributed by atoms with Gasteiger partial charge in [0, 0.05) is 24.2 Å². The number of anilines is 2. The van der Waals surface area contributed by atoms with Gasteiger partial charge < -0.3 is 15.7 Å². The Bertz CT molecular complexity index is 1340. The molecule has 7 heteroatoms. The number of aromatic nitrogens is 4. The molecule has 1 fully saturated rings. The molecule has 0 bridgehead atoms. The first-order chi connectivity index (χ1) is 15.6. The van der Waals surface area contributed by atoms with Crippen molar-refractivity contribution in [2.45, 2.75) is 30.9 Å². The molecule has 2 aromatic heterocycles. The van der Waals surface area contributed by atoms with E-state index in [1.165, 1.54) is 17.5 Å². The first kappa shape index (κ1) is 19.0. The molecule has 1 aliphatic carbocycles. The van der Waals surface area contributed by atoms with Crippen molar-refractivity contribution in [1.29, 1.82) is 0 Å². The molecule has 1 atom stereocenters. The fourth-order valence-electron chi connectivity index (χ4n) is 4.84. The number of rotatable bonds is 3. The second-order valence-electron chi connectivity index (χ2n) is 8.65. The molecule has 160 valence electrons. The van der Waals surface area contributed by atoms with Crippen LogP contribution < -0.4 is 10.6 Å². The van der Waals surface area contributed by atoms with Crippen LogP contribution in [0.4, 0.5) is 11.5 Å². The number of aliphatic hydroxyl groups is 1. The molecule has 7 nitrogen and oxygen atoms in total. The number of aliphatic hydroxyl groups excluding tert-OH is 1. The standard InChI is InChI=1S/C25H24N6O/c1-30-20(15-5-3-2-4-6-15)10-9-16-7-8-17(13-21(16)30)22-23-24(26)27-14-28-31(23)25(29-22)18-11-19(32)12-18/h2-10,13-14,18-20,32H,11-12H2,1H3,(H2,26,27,28)/t18-,19+,20?. The van der Waals surface area contributed by atoms with Crippen molar-refractivity contribution in [2.75, 3.05) is 17.7 Å². The fourth-order valence-corrected chi connectivity index (χ4v) is 4.84. The Labute approximate surface area is 185 Å². The average Bonchev–Trinajstić information content (AvgIpc) is 3.18. The molecule has 2 aromatic carbocycles. The lowest BCUT2D eigenvalue weighted by molar-refractivity contribution is 0.0711. The van der Waals surface area contributed by atoms with Gasteiger partial charge in [-0.1, -0.05) is 54.6 Å². The van der Waals surface area contributed by atoms with E-state index in [0.717, 1.165) is 28.3 Å². The molecule has 0 radical (unpaired) electrons. The summed E-state index contributed by atoms with van der Waals surface area (Å²) < 4.78 is 1.80. The third kappa shape index (κ3) is 2.89. The van der Waals surface area contributed by atoms with Crippen LogP contribution in [0.15, 0.2) is 60.9 Å². The van der Waals surface area contributed by atoms with Crippen LogP contribution >= 0.6 is 0 Å². The van der Waals surface area contributed by atoms with Crippen LogP contribution in [0.2, 0.25) is 0 Å². The topological polar surface area (TPSA) is 92.6 Å². The van der Waals surface area contributed by atoms with Crippen molar-refractivity contribution in [3.63, 3.8) is 0 Å². The zero-order valence-corrected chi connectivity index (χ0v) is 17.8. The van der Waals surface area contributed by atoms with Gasteiger partial charge in [-0.25, -0.2) is 14.5 Å². The summed E-state index contributed by atoms with van der Waals surface area (Å²) in [6, 6.07) is 17.0. The number of nitrogens with zero attached hydrogens (tertiary/aromatic N) is 5. The number of hydrogen-bond donors (Lipinski definition) is 2. The molecule has 32 heavy (non-hydrogen) atoms. The summed E-state index contributed by atoms with van der Waals surface area (Å²) in [6.07, 6.45) is 6.99. The molecule has 0 saturated heterocycles. The maximum atomic E-state index is 9.80. The van der Waals surface area contributed by atoms with Gasteiger partial charge in [0.2, 0.25) is 0 Å². The minimum Gasteiger partial charge on any atom is -0.393 e. The molecular weight excluding hydrogens is 400 g/mol. The predicted molar refractivity (Wildman–Crippen MR) is 125 cm³/mol. The number of nitrogen functional groups attached to an aromatic ring is 1. The summed E-state index contributed by atoms with van der Waals surface area (Å²) in [4.78, 5) is 11.5. The Morgan fingerprint density at radius 1 is 1.09 bits per heavy atom. The van der Waals surface area contributed by atoms with E-state index in [1.54, 1.807) is 4.52 Å². The van der Waals surface area contributed by atoms with Crippen LogP contribution in [0.5, 0.6) is 0 Å². The zero-order valence-electron chi connectivity index (χ0n) is 17.8. The monoisotopic (exact) mass is 424 g/mol. The van der Waals surface area contributed by atoms with Crippen molar-refractivity contribution >= 4 is 23.1 Å². The second kappa shape index (κ2) is 7.17. The lowest BCUT2D eigenvalue weighted by atomic mass is 9.82. The highest BCUT2D eigenvalue weighted by atomic mass is 16.3. The third-order valence-electron chi connectivity index (χ3n) is 6.66. The van der Waals surface area contributed by atoms with Gasteiger partial charge in [-0.2, -0.15) is 5.10 Å². The van der Waals surface area contributed by atoms with Crippen LogP contribution in [0, 0.1) is 0 Å². The summed E-state index contributed by atoms with van der Waals surface area (Å²) in [7, 11) is 2.12. The Kier molecular flexibility index (Phi) is 4.26.